The second-order valence-electron chi connectivity index (χ2n) is 7.24. The summed E-state index contributed by atoms with van der Waals surface area (Å²) in [6.45, 7) is 2.58. The first kappa shape index (κ1) is 22.3. The maximum atomic E-state index is 12.5. The summed E-state index contributed by atoms with van der Waals surface area (Å²) in [7, 11) is 0. The molecule has 1 unspecified atom stereocenters. The molecule has 0 radical (unpaired) electrons. The van der Waals surface area contributed by atoms with Crippen molar-refractivity contribution in [3.05, 3.63) is 63.1 Å². The Bertz CT molecular complexity index is 844. The minimum atomic E-state index is -0.461. The highest BCUT2D eigenvalue weighted by Crippen LogP contribution is 2.26. The molecule has 2 aromatic rings. The van der Waals surface area contributed by atoms with Crippen molar-refractivity contribution in [1.29, 1.82) is 0 Å². The van der Waals surface area contributed by atoms with Gasteiger partial charge in [-0.1, -0.05) is 42.3 Å². The maximum absolute atomic E-state index is 12.5. The number of rotatable bonds is 9. The minimum absolute atomic E-state index is 0.0552. The van der Waals surface area contributed by atoms with Crippen molar-refractivity contribution in [1.82, 2.24) is 5.32 Å². The Labute approximate surface area is 187 Å². The molecule has 3 rings (SSSR count). The molecule has 2 aromatic carbocycles. The Balaban J connectivity index is 1.42. The standard InChI is InChI=1S/C23H27Cl2NO2S/c1-2-22(28-19-9-8-17-5-3-4-6-18(17)14-19)23(27)26-11-12-29-15-16-7-10-20(24)21(25)13-16/h7-10,13-14,22H,2-6,11-12,15H2,1H3,(H,26,27). The molecular formula is C23H27Cl2NO2S. The van der Waals surface area contributed by atoms with Crippen LogP contribution in [0.5, 0.6) is 5.75 Å². The van der Waals surface area contributed by atoms with Crippen molar-refractivity contribution in [2.75, 3.05) is 12.3 Å². The van der Waals surface area contributed by atoms with Crippen LogP contribution in [0.4, 0.5) is 0 Å². The molecule has 3 nitrogen and oxygen atoms in total. The first-order valence-corrected chi connectivity index (χ1v) is 12.1. The second kappa shape index (κ2) is 11.1. The summed E-state index contributed by atoms with van der Waals surface area (Å²) in [5.41, 5.74) is 3.90. The summed E-state index contributed by atoms with van der Waals surface area (Å²) in [6, 6.07) is 11.9. The zero-order chi connectivity index (χ0) is 20.6. The van der Waals surface area contributed by atoms with E-state index in [1.165, 1.54) is 24.0 Å². The lowest BCUT2D eigenvalue weighted by Crippen LogP contribution is -2.39. The van der Waals surface area contributed by atoms with Gasteiger partial charge in [-0.25, -0.2) is 0 Å². The lowest BCUT2D eigenvalue weighted by atomic mass is 9.92. The smallest absolute Gasteiger partial charge is 0.261 e. The molecule has 0 saturated carbocycles. The summed E-state index contributed by atoms with van der Waals surface area (Å²) in [5, 5.41) is 4.13. The molecule has 6 heteroatoms. The number of halogens is 2. The summed E-state index contributed by atoms with van der Waals surface area (Å²) < 4.78 is 6.00. The molecule has 0 aromatic heterocycles. The van der Waals surface area contributed by atoms with Crippen LogP contribution in [-0.4, -0.2) is 24.3 Å². The van der Waals surface area contributed by atoms with Crippen LogP contribution in [0.3, 0.4) is 0 Å². The Hall–Kier alpha value is -1.36. The summed E-state index contributed by atoms with van der Waals surface area (Å²) in [4.78, 5) is 12.5. The summed E-state index contributed by atoms with van der Waals surface area (Å²) in [6.07, 6.45) is 4.92. The van der Waals surface area contributed by atoms with E-state index >= 15 is 0 Å². The van der Waals surface area contributed by atoms with Crippen molar-refractivity contribution >= 4 is 40.9 Å². The molecule has 29 heavy (non-hydrogen) atoms. The number of hydrogen-bond donors (Lipinski definition) is 1. The van der Waals surface area contributed by atoms with E-state index in [1.54, 1.807) is 11.8 Å². The Morgan fingerprint density at radius 1 is 1.10 bits per heavy atom. The number of carbonyl (C=O) groups excluding carboxylic acids is 1. The van der Waals surface area contributed by atoms with Crippen LogP contribution in [0.25, 0.3) is 0 Å². The van der Waals surface area contributed by atoms with Crippen molar-refractivity contribution in [3.63, 3.8) is 0 Å². The van der Waals surface area contributed by atoms with Crippen LogP contribution >= 0.6 is 35.0 Å². The molecule has 0 heterocycles. The molecule has 0 spiro atoms. The third-order valence-electron chi connectivity index (χ3n) is 5.06. The van der Waals surface area contributed by atoms with E-state index in [1.807, 2.05) is 31.2 Å². The zero-order valence-electron chi connectivity index (χ0n) is 16.7. The second-order valence-corrected chi connectivity index (χ2v) is 9.16. The fraction of sp³-hybridized carbons (Fsp3) is 0.435. The topological polar surface area (TPSA) is 38.3 Å². The highest BCUT2D eigenvalue weighted by Gasteiger charge is 2.19. The third kappa shape index (κ3) is 6.56. The molecule has 0 fully saturated rings. The lowest BCUT2D eigenvalue weighted by Gasteiger charge is -2.20. The molecule has 1 aliphatic rings. The predicted molar refractivity (Wildman–Crippen MR) is 123 cm³/mol. The first-order chi connectivity index (χ1) is 14.1. The summed E-state index contributed by atoms with van der Waals surface area (Å²) >= 11 is 13.7. The van der Waals surface area contributed by atoms with E-state index < -0.39 is 6.10 Å². The minimum Gasteiger partial charge on any atom is -0.481 e. The normalized spacial score (nSPS) is 14.2. The molecule has 1 aliphatic carbocycles. The average Bonchev–Trinajstić information content (AvgIpc) is 2.74. The van der Waals surface area contributed by atoms with E-state index in [2.05, 4.69) is 17.4 Å². The van der Waals surface area contributed by atoms with E-state index in [9.17, 15) is 4.79 Å². The van der Waals surface area contributed by atoms with Gasteiger partial charge in [-0.05, 0) is 73.1 Å². The van der Waals surface area contributed by atoms with Gasteiger partial charge in [-0.15, -0.1) is 0 Å². The van der Waals surface area contributed by atoms with Crippen LogP contribution in [0, 0.1) is 0 Å². The number of nitrogens with one attached hydrogen (secondary N) is 1. The fourth-order valence-electron chi connectivity index (χ4n) is 3.45. The molecule has 0 aliphatic heterocycles. The maximum Gasteiger partial charge on any atom is 0.261 e. The van der Waals surface area contributed by atoms with E-state index in [4.69, 9.17) is 27.9 Å². The van der Waals surface area contributed by atoms with Crippen molar-refractivity contribution in [2.24, 2.45) is 0 Å². The number of ether oxygens (including phenoxy) is 1. The van der Waals surface area contributed by atoms with Gasteiger partial charge in [0, 0.05) is 18.1 Å². The van der Waals surface area contributed by atoms with Crippen molar-refractivity contribution in [3.8, 4) is 5.75 Å². The first-order valence-electron chi connectivity index (χ1n) is 10.1. The molecule has 156 valence electrons. The zero-order valence-corrected chi connectivity index (χ0v) is 19.0. The number of fused-ring (bicyclic) bond motifs is 1. The third-order valence-corrected chi connectivity index (χ3v) is 6.83. The quantitative estimate of drug-likeness (QED) is 0.469. The Morgan fingerprint density at radius 2 is 1.90 bits per heavy atom. The van der Waals surface area contributed by atoms with Crippen LogP contribution < -0.4 is 10.1 Å². The lowest BCUT2D eigenvalue weighted by molar-refractivity contribution is -0.127. The molecule has 0 bridgehead atoms. The van der Waals surface area contributed by atoms with Crippen molar-refractivity contribution in [2.45, 2.75) is 50.9 Å². The number of aryl methyl sites for hydroxylation is 2. The van der Waals surface area contributed by atoms with Crippen LogP contribution in [0.1, 0.15) is 42.9 Å². The number of carbonyl (C=O) groups is 1. The summed E-state index contributed by atoms with van der Waals surface area (Å²) in [5.74, 6) is 2.39. The van der Waals surface area contributed by atoms with E-state index in [0.29, 0.717) is 23.0 Å². The number of benzene rings is 2. The van der Waals surface area contributed by atoms with Gasteiger partial charge in [0.1, 0.15) is 5.75 Å². The van der Waals surface area contributed by atoms with Crippen LogP contribution in [0.2, 0.25) is 10.0 Å². The molecule has 1 N–H and O–H groups in total. The van der Waals surface area contributed by atoms with Crippen LogP contribution in [-0.2, 0) is 23.4 Å². The van der Waals surface area contributed by atoms with Gasteiger partial charge in [-0.2, -0.15) is 11.8 Å². The van der Waals surface area contributed by atoms with Gasteiger partial charge < -0.3 is 10.1 Å². The largest absolute Gasteiger partial charge is 0.481 e. The van der Waals surface area contributed by atoms with E-state index in [-0.39, 0.29) is 5.91 Å². The molecule has 1 atom stereocenters. The molecular weight excluding hydrogens is 425 g/mol. The van der Waals surface area contributed by atoms with Gasteiger partial charge in [0.25, 0.3) is 5.91 Å². The molecule has 1 amide bonds. The van der Waals surface area contributed by atoms with Gasteiger partial charge in [-0.3, -0.25) is 4.79 Å². The number of amides is 1. The molecule has 0 saturated heterocycles. The Morgan fingerprint density at radius 3 is 2.66 bits per heavy atom. The average molecular weight is 452 g/mol. The highest BCUT2D eigenvalue weighted by atomic mass is 35.5. The van der Waals surface area contributed by atoms with Crippen molar-refractivity contribution < 1.29 is 9.53 Å². The predicted octanol–water partition coefficient (Wildman–Crippen LogP) is 6.08. The van der Waals surface area contributed by atoms with Crippen LogP contribution in [0.15, 0.2) is 36.4 Å². The van der Waals surface area contributed by atoms with Gasteiger partial charge >= 0.3 is 0 Å². The van der Waals surface area contributed by atoms with Gasteiger partial charge in [0.2, 0.25) is 0 Å². The van der Waals surface area contributed by atoms with Gasteiger partial charge in [0.05, 0.1) is 10.0 Å². The van der Waals surface area contributed by atoms with E-state index in [0.717, 1.165) is 35.7 Å². The number of thioether (sulfide) groups is 1. The Kier molecular flexibility index (Phi) is 8.58. The SMILES string of the molecule is CCC(Oc1ccc2c(c1)CCCC2)C(=O)NCCSCc1ccc(Cl)c(Cl)c1. The number of hydrogen-bond acceptors (Lipinski definition) is 3. The van der Waals surface area contributed by atoms with Gasteiger partial charge in [0.15, 0.2) is 6.10 Å². The monoisotopic (exact) mass is 451 g/mol. The highest BCUT2D eigenvalue weighted by molar-refractivity contribution is 7.98. The fourth-order valence-corrected chi connectivity index (χ4v) is 4.58.